The van der Waals surface area contributed by atoms with Gasteiger partial charge in [0.15, 0.2) is 0 Å². The number of sulfone groups is 1. The predicted molar refractivity (Wildman–Crippen MR) is 89.6 cm³/mol. The largest absolute Gasteiger partial charge is 0.308 e. The molecule has 0 aliphatic carbocycles. The first kappa shape index (κ1) is 19.4. The van der Waals surface area contributed by atoms with Crippen molar-refractivity contribution in [3.05, 3.63) is 35.4 Å². The zero-order valence-electron chi connectivity index (χ0n) is 12.3. The Bertz CT molecular complexity index is 705. The van der Waals surface area contributed by atoms with Crippen LogP contribution >= 0.6 is 12.4 Å². The highest BCUT2D eigenvalue weighted by Gasteiger charge is 2.21. The number of rotatable bonds is 6. The van der Waals surface area contributed by atoms with Gasteiger partial charge in [-0.25, -0.2) is 21.6 Å². The highest BCUT2D eigenvalue weighted by atomic mass is 35.5. The molecule has 2 N–H and O–H groups in total. The summed E-state index contributed by atoms with van der Waals surface area (Å²) in [5.41, 5.74) is 2.31. The Hall–Kier alpha value is -0.670. The molecule has 126 valence electrons. The van der Waals surface area contributed by atoms with Crippen molar-refractivity contribution in [1.82, 2.24) is 10.0 Å². The van der Waals surface area contributed by atoms with E-state index in [9.17, 15) is 16.8 Å². The molecule has 1 unspecified atom stereocenters. The molecule has 1 atom stereocenters. The van der Waals surface area contributed by atoms with E-state index in [1.54, 1.807) is 0 Å². The molecule has 0 fully saturated rings. The number of benzene rings is 1. The second kappa shape index (κ2) is 7.74. The van der Waals surface area contributed by atoms with E-state index >= 15 is 0 Å². The Morgan fingerprint density at radius 3 is 2.55 bits per heavy atom. The Kier molecular flexibility index (Phi) is 6.82. The molecule has 0 amide bonds. The summed E-state index contributed by atoms with van der Waals surface area (Å²) in [5.74, 6) is -0.767. The summed E-state index contributed by atoms with van der Waals surface area (Å²) in [6, 6.07) is 7.84. The van der Waals surface area contributed by atoms with Crippen LogP contribution in [0, 0.1) is 0 Å². The van der Waals surface area contributed by atoms with E-state index in [0.29, 0.717) is 0 Å². The van der Waals surface area contributed by atoms with Gasteiger partial charge >= 0.3 is 0 Å². The zero-order chi connectivity index (χ0) is 15.5. The molecule has 0 bridgehead atoms. The molecule has 1 aliphatic rings. The fourth-order valence-corrected chi connectivity index (χ4v) is 4.97. The van der Waals surface area contributed by atoms with Gasteiger partial charge in [0.2, 0.25) is 10.0 Å². The average molecular weight is 369 g/mol. The van der Waals surface area contributed by atoms with Gasteiger partial charge in [-0.05, 0) is 24.1 Å². The van der Waals surface area contributed by atoms with E-state index in [1.165, 1.54) is 5.56 Å². The molecule has 0 aromatic heterocycles. The van der Waals surface area contributed by atoms with Gasteiger partial charge in [-0.15, -0.1) is 12.4 Å². The second-order valence-electron chi connectivity index (χ2n) is 5.25. The van der Waals surface area contributed by atoms with Crippen molar-refractivity contribution in [2.75, 3.05) is 30.9 Å². The third kappa shape index (κ3) is 5.85. The van der Waals surface area contributed by atoms with Gasteiger partial charge in [-0.2, -0.15) is 0 Å². The molecule has 2 rings (SSSR count). The number of hydrogen-bond acceptors (Lipinski definition) is 5. The predicted octanol–water partition coefficient (Wildman–Crippen LogP) is 0.259. The minimum absolute atomic E-state index is 0. The first-order valence-corrected chi connectivity index (χ1v) is 10.4. The van der Waals surface area contributed by atoms with E-state index in [0.717, 1.165) is 24.8 Å². The van der Waals surface area contributed by atoms with Crippen LogP contribution in [-0.4, -0.2) is 47.7 Å². The molecule has 6 nitrogen and oxygen atoms in total. The molecule has 0 spiro atoms. The van der Waals surface area contributed by atoms with Crippen molar-refractivity contribution in [2.24, 2.45) is 0 Å². The summed E-state index contributed by atoms with van der Waals surface area (Å²) in [7, 11) is -6.87. The summed E-state index contributed by atoms with van der Waals surface area (Å²) < 4.78 is 48.2. The minimum Gasteiger partial charge on any atom is -0.308 e. The van der Waals surface area contributed by atoms with Gasteiger partial charge in [0.05, 0.1) is 11.5 Å². The van der Waals surface area contributed by atoms with Gasteiger partial charge in [-0.3, -0.25) is 0 Å². The number of halogens is 1. The van der Waals surface area contributed by atoms with Gasteiger partial charge < -0.3 is 5.32 Å². The SMILES string of the molecule is CS(=O)(=O)CCS(=O)(=O)NCC1NCCc2ccccc21.Cl. The lowest BCUT2D eigenvalue weighted by Gasteiger charge is -2.27. The van der Waals surface area contributed by atoms with E-state index < -0.39 is 25.6 Å². The van der Waals surface area contributed by atoms with Gasteiger partial charge in [0, 0.05) is 18.8 Å². The zero-order valence-corrected chi connectivity index (χ0v) is 14.7. The molecular formula is C13H21ClN2O4S2. The highest BCUT2D eigenvalue weighted by Crippen LogP contribution is 2.21. The molecular weight excluding hydrogens is 348 g/mol. The van der Waals surface area contributed by atoms with Crippen molar-refractivity contribution >= 4 is 32.3 Å². The molecule has 9 heteroatoms. The normalized spacial score (nSPS) is 18.3. The Balaban J connectivity index is 0.00000242. The third-order valence-electron chi connectivity index (χ3n) is 3.45. The quantitative estimate of drug-likeness (QED) is 0.751. The molecule has 0 saturated heterocycles. The first-order chi connectivity index (χ1) is 9.77. The summed E-state index contributed by atoms with van der Waals surface area (Å²) in [5, 5.41) is 3.28. The van der Waals surface area contributed by atoms with Crippen LogP contribution in [0.1, 0.15) is 17.2 Å². The summed E-state index contributed by atoms with van der Waals surface area (Å²) >= 11 is 0. The monoisotopic (exact) mass is 368 g/mol. The topological polar surface area (TPSA) is 92.3 Å². The number of hydrogen-bond donors (Lipinski definition) is 2. The maximum atomic E-state index is 11.8. The van der Waals surface area contributed by atoms with Crippen molar-refractivity contribution < 1.29 is 16.8 Å². The Morgan fingerprint density at radius 2 is 1.86 bits per heavy atom. The maximum Gasteiger partial charge on any atom is 0.212 e. The lowest BCUT2D eigenvalue weighted by molar-refractivity contribution is 0.492. The minimum atomic E-state index is -3.59. The molecule has 0 radical (unpaired) electrons. The standard InChI is InChI=1S/C13H20N2O4S2.ClH/c1-20(16,17)8-9-21(18,19)15-10-13-12-5-3-2-4-11(12)6-7-14-13;/h2-5,13-15H,6-10H2,1H3;1H. The van der Waals surface area contributed by atoms with Gasteiger partial charge in [0.25, 0.3) is 0 Å². The maximum absolute atomic E-state index is 11.8. The van der Waals surface area contributed by atoms with Crippen molar-refractivity contribution in [3.63, 3.8) is 0 Å². The van der Waals surface area contributed by atoms with Gasteiger partial charge in [0.1, 0.15) is 9.84 Å². The Labute approximate surface area is 138 Å². The van der Waals surface area contributed by atoms with Crippen LogP contribution in [0.25, 0.3) is 0 Å². The number of fused-ring (bicyclic) bond motifs is 1. The van der Waals surface area contributed by atoms with E-state index in [-0.39, 0.29) is 30.7 Å². The van der Waals surface area contributed by atoms with Gasteiger partial charge in [-0.1, -0.05) is 24.3 Å². The van der Waals surface area contributed by atoms with Crippen molar-refractivity contribution in [3.8, 4) is 0 Å². The summed E-state index contributed by atoms with van der Waals surface area (Å²) in [6.45, 7) is 1.02. The summed E-state index contributed by atoms with van der Waals surface area (Å²) in [4.78, 5) is 0. The molecule has 1 aromatic carbocycles. The third-order valence-corrected chi connectivity index (χ3v) is 6.00. The van der Waals surface area contributed by atoms with Crippen molar-refractivity contribution in [2.45, 2.75) is 12.5 Å². The van der Waals surface area contributed by atoms with Crippen LogP contribution in [0.5, 0.6) is 0 Å². The molecule has 22 heavy (non-hydrogen) atoms. The molecule has 1 heterocycles. The fourth-order valence-electron chi connectivity index (χ4n) is 2.32. The van der Waals surface area contributed by atoms with E-state index in [2.05, 4.69) is 10.0 Å². The molecule has 1 aliphatic heterocycles. The van der Waals surface area contributed by atoms with E-state index in [4.69, 9.17) is 0 Å². The van der Waals surface area contributed by atoms with Crippen LogP contribution in [0.15, 0.2) is 24.3 Å². The van der Waals surface area contributed by atoms with E-state index in [1.807, 2.05) is 24.3 Å². The molecule has 0 saturated carbocycles. The van der Waals surface area contributed by atoms with Crippen LogP contribution < -0.4 is 10.0 Å². The lowest BCUT2D eigenvalue weighted by atomic mass is 9.95. The smallest absolute Gasteiger partial charge is 0.212 e. The fraction of sp³-hybridized carbons (Fsp3) is 0.538. The number of nitrogens with one attached hydrogen (secondary N) is 2. The summed E-state index contributed by atoms with van der Waals surface area (Å²) in [6.07, 6.45) is 1.95. The number of sulfonamides is 1. The molecule has 1 aromatic rings. The van der Waals surface area contributed by atoms with Crippen LogP contribution in [0.2, 0.25) is 0 Å². The van der Waals surface area contributed by atoms with Crippen LogP contribution in [0.4, 0.5) is 0 Å². The first-order valence-electron chi connectivity index (χ1n) is 6.73. The average Bonchev–Trinajstić information content (AvgIpc) is 2.42. The lowest BCUT2D eigenvalue weighted by Crippen LogP contribution is -2.40. The van der Waals surface area contributed by atoms with Crippen LogP contribution in [-0.2, 0) is 26.3 Å². The second-order valence-corrected chi connectivity index (χ2v) is 9.44. The Morgan fingerprint density at radius 1 is 1.18 bits per heavy atom. The van der Waals surface area contributed by atoms with Crippen molar-refractivity contribution in [1.29, 1.82) is 0 Å². The highest BCUT2D eigenvalue weighted by molar-refractivity contribution is 7.93. The van der Waals surface area contributed by atoms with Crippen LogP contribution in [0.3, 0.4) is 0 Å².